The molecule has 1 saturated heterocycles. The second-order valence-corrected chi connectivity index (χ2v) is 7.79. The van der Waals surface area contributed by atoms with Gasteiger partial charge in [0.2, 0.25) is 0 Å². The molecule has 0 aliphatic carbocycles. The predicted molar refractivity (Wildman–Crippen MR) is 122 cm³/mol. The van der Waals surface area contributed by atoms with Gasteiger partial charge < -0.3 is 15.1 Å². The lowest BCUT2D eigenvalue weighted by molar-refractivity contribution is 0.213. The molecule has 0 spiro atoms. The number of hydrogen-bond donors (Lipinski definition) is 2. The van der Waals surface area contributed by atoms with Gasteiger partial charge in [0.25, 0.3) is 0 Å². The molecule has 0 aromatic carbocycles. The van der Waals surface area contributed by atoms with Crippen molar-refractivity contribution in [2.24, 2.45) is 4.99 Å². The van der Waals surface area contributed by atoms with Crippen molar-refractivity contribution in [3.8, 4) is 0 Å². The predicted octanol–water partition coefficient (Wildman–Crippen LogP) is 3.73. The van der Waals surface area contributed by atoms with Gasteiger partial charge in [-0.3, -0.25) is 9.89 Å². The molecule has 8 heteroatoms. The average Bonchev–Trinajstić information content (AvgIpc) is 3.40. The van der Waals surface area contributed by atoms with Gasteiger partial charge in [-0.15, -0.1) is 35.3 Å². The summed E-state index contributed by atoms with van der Waals surface area (Å²) in [5.74, 6) is 2.78. The summed E-state index contributed by atoms with van der Waals surface area (Å²) < 4.78 is 5.92. The summed E-state index contributed by atoms with van der Waals surface area (Å²) in [5, 5.41) is 7.91. The lowest BCUT2D eigenvalue weighted by Gasteiger charge is -2.26. The summed E-state index contributed by atoms with van der Waals surface area (Å²) in [6.45, 7) is 7.86. The maximum Gasteiger partial charge on any atom is 0.191 e. The molecule has 0 saturated carbocycles. The van der Waals surface area contributed by atoms with Crippen LogP contribution in [0.15, 0.2) is 27.7 Å². The van der Waals surface area contributed by atoms with Gasteiger partial charge in [-0.2, -0.15) is 0 Å². The Labute approximate surface area is 182 Å². The van der Waals surface area contributed by atoms with Gasteiger partial charge in [-0.25, -0.2) is 4.98 Å². The molecule has 0 bridgehead atoms. The summed E-state index contributed by atoms with van der Waals surface area (Å²) >= 11 is 1.75. The fourth-order valence-electron chi connectivity index (χ4n) is 3.26. The Balaban J connectivity index is 0.00000261. The van der Waals surface area contributed by atoms with E-state index < -0.39 is 0 Å². The van der Waals surface area contributed by atoms with Gasteiger partial charge in [-0.1, -0.05) is 6.92 Å². The van der Waals surface area contributed by atoms with E-state index >= 15 is 0 Å². The van der Waals surface area contributed by atoms with Crippen LogP contribution >= 0.6 is 35.3 Å². The van der Waals surface area contributed by atoms with Crippen LogP contribution in [0.3, 0.4) is 0 Å². The first-order valence-electron chi connectivity index (χ1n) is 9.38. The molecule has 2 aromatic heterocycles. The van der Waals surface area contributed by atoms with Crippen molar-refractivity contribution in [3.05, 3.63) is 39.7 Å². The van der Waals surface area contributed by atoms with Crippen molar-refractivity contribution >= 4 is 41.3 Å². The molecular weight excluding hydrogens is 473 g/mol. The van der Waals surface area contributed by atoms with E-state index in [-0.39, 0.29) is 30.0 Å². The molecule has 2 N–H and O–H groups in total. The Bertz CT molecular complexity index is 723. The maximum absolute atomic E-state index is 5.92. The number of aliphatic imine (C=N–C) groups is 1. The van der Waals surface area contributed by atoms with Crippen LogP contribution < -0.4 is 10.6 Å². The van der Waals surface area contributed by atoms with Gasteiger partial charge in [0.1, 0.15) is 16.5 Å². The minimum Gasteiger partial charge on any atom is -0.465 e. The number of halogens is 1. The van der Waals surface area contributed by atoms with Gasteiger partial charge in [-0.05, 0) is 51.4 Å². The summed E-state index contributed by atoms with van der Waals surface area (Å²) in [6, 6.07) is 4.37. The summed E-state index contributed by atoms with van der Waals surface area (Å²) in [4.78, 5) is 12.6. The second-order valence-electron chi connectivity index (χ2n) is 6.59. The third-order valence-corrected chi connectivity index (χ3v) is 5.86. The molecular formula is C19H30IN5OS. The summed E-state index contributed by atoms with van der Waals surface area (Å²) in [7, 11) is 1.80. The van der Waals surface area contributed by atoms with Crippen LogP contribution in [-0.4, -0.2) is 42.5 Å². The van der Waals surface area contributed by atoms with E-state index in [1.165, 1.54) is 17.7 Å². The lowest BCUT2D eigenvalue weighted by Crippen LogP contribution is -2.42. The molecule has 2 aromatic rings. The number of aromatic nitrogens is 1. The third-order valence-electron chi connectivity index (χ3n) is 4.71. The standard InChI is InChI=1S/C19H29N5OS.HI/c1-4-15-11-21-18(26-15)13-23-19(20-3)22-12-16(24-9-5-6-10-24)17-8-7-14(2)25-17;/h7-8,11,16H,4-6,9-10,12-13H2,1-3H3,(H2,20,22,23);1H. The van der Waals surface area contributed by atoms with E-state index in [4.69, 9.17) is 4.42 Å². The Morgan fingerprint density at radius 2 is 2.11 bits per heavy atom. The van der Waals surface area contributed by atoms with Gasteiger partial charge in [0, 0.05) is 24.7 Å². The van der Waals surface area contributed by atoms with Crippen molar-refractivity contribution in [2.75, 3.05) is 26.7 Å². The van der Waals surface area contributed by atoms with Crippen LogP contribution in [0.1, 0.15) is 47.2 Å². The van der Waals surface area contributed by atoms with E-state index in [0.29, 0.717) is 6.54 Å². The molecule has 0 amide bonds. The van der Waals surface area contributed by atoms with Crippen LogP contribution in [0.25, 0.3) is 0 Å². The Morgan fingerprint density at radius 3 is 2.70 bits per heavy atom. The highest BCUT2D eigenvalue weighted by molar-refractivity contribution is 14.0. The van der Waals surface area contributed by atoms with E-state index in [1.54, 1.807) is 18.4 Å². The zero-order chi connectivity index (χ0) is 18.4. The van der Waals surface area contributed by atoms with Crippen LogP contribution in [0, 0.1) is 6.92 Å². The Kier molecular flexibility index (Phi) is 9.04. The van der Waals surface area contributed by atoms with E-state index in [1.807, 2.05) is 19.2 Å². The first-order valence-corrected chi connectivity index (χ1v) is 10.2. The van der Waals surface area contributed by atoms with Crippen molar-refractivity contribution in [2.45, 2.75) is 45.7 Å². The molecule has 150 valence electrons. The van der Waals surface area contributed by atoms with E-state index in [2.05, 4.69) is 38.5 Å². The smallest absolute Gasteiger partial charge is 0.191 e. The first kappa shape index (κ1) is 22.2. The molecule has 1 unspecified atom stereocenters. The zero-order valence-corrected chi connectivity index (χ0v) is 19.5. The third kappa shape index (κ3) is 6.18. The number of likely N-dealkylation sites (tertiary alicyclic amines) is 1. The largest absolute Gasteiger partial charge is 0.465 e. The quantitative estimate of drug-likeness (QED) is 0.343. The second kappa shape index (κ2) is 11.0. The Morgan fingerprint density at radius 1 is 1.33 bits per heavy atom. The van der Waals surface area contributed by atoms with E-state index in [0.717, 1.165) is 48.5 Å². The molecule has 0 radical (unpaired) electrons. The maximum atomic E-state index is 5.92. The number of furan rings is 1. The molecule has 3 rings (SSSR count). The molecule has 3 heterocycles. The van der Waals surface area contributed by atoms with Gasteiger partial charge in [0.05, 0.1) is 12.6 Å². The highest BCUT2D eigenvalue weighted by Crippen LogP contribution is 2.26. The highest BCUT2D eigenvalue weighted by Gasteiger charge is 2.26. The fourth-order valence-corrected chi connectivity index (χ4v) is 4.06. The first-order chi connectivity index (χ1) is 12.7. The summed E-state index contributed by atoms with van der Waals surface area (Å²) in [6.07, 6.45) is 5.51. The molecule has 1 fully saturated rings. The van der Waals surface area contributed by atoms with Crippen molar-refractivity contribution < 1.29 is 4.42 Å². The lowest BCUT2D eigenvalue weighted by atomic mass is 10.2. The molecule has 1 aliphatic rings. The van der Waals surface area contributed by atoms with Gasteiger partial charge in [0.15, 0.2) is 5.96 Å². The normalized spacial score (nSPS) is 16.2. The average molecular weight is 503 g/mol. The number of nitrogens with zero attached hydrogens (tertiary/aromatic N) is 3. The molecule has 27 heavy (non-hydrogen) atoms. The molecule has 1 aliphatic heterocycles. The highest BCUT2D eigenvalue weighted by atomic mass is 127. The number of nitrogens with one attached hydrogen (secondary N) is 2. The minimum absolute atomic E-state index is 0. The molecule has 6 nitrogen and oxygen atoms in total. The summed E-state index contributed by atoms with van der Waals surface area (Å²) in [5.41, 5.74) is 0. The number of hydrogen-bond acceptors (Lipinski definition) is 5. The topological polar surface area (TPSA) is 65.7 Å². The Hall–Kier alpha value is -1.13. The number of guanidine groups is 1. The monoisotopic (exact) mass is 503 g/mol. The number of thiazole rings is 1. The van der Waals surface area contributed by atoms with Gasteiger partial charge >= 0.3 is 0 Å². The fraction of sp³-hybridized carbons (Fsp3) is 0.579. The van der Waals surface area contributed by atoms with Crippen LogP contribution in [0.5, 0.6) is 0 Å². The van der Waals surface area contributed by atoms with Crippen LogP contribution in [0.4, 0.5) is 0 Å². The minimum atomic E-state index is 0. The van der Waals surface area contributed by atoms with Crippen molar-refractivity contribution in [3.63, 3.8) is 0 Å². The number of rotatable bonds is 7. The molecule has 1 atom stereocenters. The zero-order valence-electron chi connectivity index (χ0n) is 16.3. The SMILES string of the molecule is CCc1cnc(CNC(=NC)NCC(c2ccc(C)o2)N2CCCC2)s1.I. The van der Waals surface area contributed by atoms with Crippen molar-refractivity contribution in [1.29, 1.82) is 0 Å². The van der Waals surface area contributed by atoms with Crippen LogP contribution in [0.2, 0.25) is 0 Å². The van der Waals surface area contributed by atoms with Crippen molar-refractivity contribution in [1.82, 2.24) is 20.5 Å². The van der Waals surface area contributed by atoms with Crippen LogP contribution in [-0.2, 0) is 13.0 Å². The van der Waals surface area contributed by atoms with E-state index in [9.17, 15) is 0 Å². The number of aryl methyl sites for hydroxylation is 2.